The van der Waals surface area contributed by atoms with Crippen molar-refractivity contribution in [1.82, 2.24) is 10.2 Å². The second-order valence-electron chi connectivity index (χ2n) is 6.02. The lowest BCUT2D eigenvalue weighted by Gasteiger charge is -2.16. The van der Waals surface area contributed by atoms with Crippen molar-refractivity contribution in [2.24, 2.45) is 5.92 Å². The first-order valence-electron chi connectivity index (χ1n) is 8.26. The van der Waals surface area contributed by atoms with E-state index in [1.165, 1.54) is 16.7 Å². The van der Waals surface area contributed by atoms with Crippen LogP contribution in [0.25, 0.3) is 0 Å². The van der Waals surface area contributed by atoms with Crippen LogP contribution in [0.1, 0.15) is 0 Å². The minimum atomic E-state index is -0.217. The monoisotopic (exact) mass is 384 g/mol. The van der Waals surface area contributed by atoms with Crippen molar-refractivity contribution >= 4 is 40.1 Å². The van der Waals surface area contributed by atoms with Crippen molar-refractivity contribution in [2.45, 2.75) is 6.04 Å². The number of carbonyl (C=O) groups excluding carboxylic acids is 2. The zero-order chi connectivity index (χ0) is 18.1. The van der Waals surface area contributed by atoms with E-state index in [0.717, 1.165) is 5.75 Å². The number of thioether (sulfide) groups is 1. The predicted octanol–water partition coefficient (Wildman–Crippen LogP) is 2.42. The van der Waals surface area contributed by atoms with Crippen LogP contribution in [0.2, 0.25) is 0 Å². The largest absolute Gasteiger partial charge is 0.492 e. The van der Waals surface area contributed by atoms with E-state index in [1.54, 1.807) is 0 Å². The summed E-state index contributed by atoms with van der Waals surface area (Å²) in [5, 5.41) is 2.91. The molecule has 2 heterocycles. The zero-order valence-electron chi connectivity index (χ0n) is 13.8. The van der Waals surface area contributed by atoms with Gasteiger partial charge in [-0.05, 0) is 12.1 Å². The molecule has 1 aliphatic carbocycles. The van der Waals surface area contributed by atoms with Crippen molar-refractivity contribution in [3.05, 3.63) is 65.1 Å². The summed E-state index contributed by atoms with van der Waals surface area (Å²) in [4.78, 5) is 27.2. The molecule has 7 heteroatoms. The molecule has 0 radical (unpaired) electrons. The fourth-order valence-corrected chi connectivity index (χ4v) is 4.60. The van der Waals surface area contributed by atoms with Crippen molar-refractivity contribution in [2.75, 3.05) is 13.2 Å². The number of benzene rings is 1. The Balaban J connectivity index is 1.49. The number of allylic oxidation sites excluding steroid dienone is 2. The molecule has 2 saturated heterocycles. The number of thiocarbonyl (C=S) groups is 1. The molecule has 2 amide bonds. The summed E-state index contributed by atoms with van der Waals surface area (Å²) in [5.41, 5.74) is 0.513. The highest BCUT2D eigenvalue weighted by Gasteiger charge is 2.43. The molecule has 132 valence electrons. The average molecular weight is 384 g/mol. The first kappa shape index (κ1) is 17.1. The van der Waals surface area contributed by atoms with Gasteiger partial charge in [-0.15, -0.1) is 0 Å². The SMILES string of the molecule is O=C1N[C@H]2C=CC=C[C@@H]2/C1=C1/SC(=S)N(CCOc2ccccc2)C1=O. The smallest absolute Gasteiger partial charge is 0.266 e. The number of para-hydroxylation sites is 1. The Kier molecular flexibility index (Phi) is 4.65. The molecule has 1 aromatic carbocycles. The molecule has 2 fully saturated rings. The second-order valence-corrected chi connectivity index (χ2v) is 7.67. The molecule has 1 N–H and O–H groups in total. The maximum atomic E-state index is 12.8. The molecule has 0 unspecified atom stereocenters. The summed E-state index contributed by atoms with van der Waals surface area (Å²) in [6, 6.07) is 9.32. The highest BCUT2D eigenvalue weighted by Crippen LogP contribution is 2.39. The molecule has 3 aliphatic rings. The normalized spacial score (nSPS) is 27.1. The van der Waals surface area contributed by atoms with Crippen molar-refractivity contribution in [3.8, 4) is 5.75 Å². The summed E-state index contributed by atoms with van der Waals surface area (Å²) < 4.78 is 6.11. The fourth-order valence-electron chi connectivity index (χ4n) is 3.18. The molecule has 2 aliphatic heterocycles. The molecule has 0 spiro atoms. The maximum Gasteiger partial charge on any atom is 0.266 e. The Labute approximate surface area is 160 Å². The number of fused-ring (bicyclic) bond motifs is 1. The van der Waals surface area contributed by atoms with Gasteiger partial charge in [-0.3, -0.25) is 14.5 Å². The molecule has 2 atom stereocenters. The first-order valence-corrected chi connectivity index (χ1v) is 9.49. The van der Waals surface area contributed by atoms with Gasteiger partial charge in [-0.25, -0.2) is 0 Å². The van der Waals surface area contributed by atoms with Crippen LogP contribution < -0.4 is 10.1 Å². The van der Waals surface area contributed by atoms with Gasteiger partial charge in [-0.1, -0.05) is 66.5 Å². The zero-order valence-corrected chi connectivity index (χ0v) is 15.4. The van der Waals surface area contributed by atoms with Gasteiger partial charge in [0.1, 0.15) is 16.7 Å². The van der Waals surface area contributed by atoms with E-state index < -0.39 is 0 Å². The topological polar surface area (TPSA) is 58.6 Å². The number of hydrogen-bond donors (Lipinski definition) is 1. The van der Waals surface area contributed by atoms with Crippen LogP contribution in [-0.4, -0.2) is 40.2 Å². The number of amides is 2. The lowest BCUT2D eigenvalue weighted by atomic mass is 9.91. The number of nitrogens with zero attached hydrogens (tertiary/aromatic N) is 1. The van der Waals surface area contributed by atoms with E-state index in [-0.39, 0.29) is 23.8 Å². The van der Waals surface area contributed by atoms with Crippen molar-refractivity contribution < 1.29 is 14.3 Å². The third-order valence-corrected chi connectivity index (χ3v) is 5.90. The van der Waals surface area contributed by atoms with Crippen LogP contribution in [0.3, 0.4) is 0 Å². The Hall–Kier alpha value is -2.38. The lowest BCUT2D eigenvalue weighted by molar-refractivity contribution is -0.123. The van der Waals surface area contributed by atoms with Crippen LogP contribution in [0, 0.1) is 5.92 Å². The van der Waals surface area contributed by atoms with E-state index >= 15 is 0 Å². The minimum Gasteiger partial charge on any atom is -0.492 e. The van der Waals surface area contributed by atoms with Crippen LogP contribution >= 0.6 is 24.0 Å². The summed E-state index contributed by atoms with van der Waals surface area (Å²) in [5.74, 6) is 0.207. The molecular formula is C19H16N2O3S2. The van der Waals surface area contributed by atoms with Gasteiger partial charge >= 0.3 is 0 Å². The van der Waals surface area contributed by atoms with Gasteiger partial charge in [0.15, 0.2) is 0 Å². The summed E-state index contributed by atoms with van der Waals surface area (Å²) in [7, 11) is 0. The van der Waals surface area contributed by atoms with Crippen LogP contribution in [0.4, 0.5) is 0 Å². The maximum absolute atomic E-state index is 12.8. The molecule has 5 nitrogen and oxygen atoms in total. The molecule has 0 saturated carbocycles. The molecule has 26 heavy (non-hydrogen) atoms. The van der Waals surface area contributed by atoms with E-state index in [1.807, 2.05) is 54.6 Å². The molecule has 4 rings (SSSR count). The van der Waals surface area contributed by atoms with Gasteiger partial charge in [0.05, 0.1) is 17.5 Å². The average Bonchev–Trinajstić information content (AvgIpc) is 3.12. The van der Waals surface area contributed by atoms with Crippen LogP contribution in [0.5, 0.6) is 5.75 Å². The number of ether oxygens (including phenoxy) is 1. The molecular weight excluding hydrogens is 368 g/mol. The van der Waals surface area contributed by atoms with E-state index in [0.29, 0.717) is 28.0 Å². The Morgan fingerprint density at radius 1 is 1.15 bits per heavy atom. The second kappa shape index (κ2) is 7.09. The lowest BCUT2D eigenvalue weighted by Crippen LogP contribution is -2.32. The third-order valence-electron chi connectivity index (χ3n) is 4.43. The molecule has 0 bridgehead atoms. The summed E-state index contributed by atoms with van der Waals surface area (Å²) in [6.45, 7) is 0.682. The molecule has 1 aromatic rings. The highest BCUT2D eigenvalue weighted by atomic mass is 32.2. The van der Waals surface area contributed by atoms with Crippen molar-refractivity contribution in [1.29, 1.82) is 0 Å². The van der Waals surface area contributed by atoms with Crippen LogP contribution in [0.15, 0.2) is 65.1 Å². The summed E-state index contributed by atoms with van der Waals surface area (Å²) >= 11 is 6.56. The number of hydrogen-bond acceptors (Lipinski definition) is 5. The van der Waals surface area contributed by atoms with Gasteiger partial charge < -0.3 is 10.1 Å². The fraction of sp³-hybridized carbons (Fsp3) is 0.211. The standard InChI is InChI=1S/C19H16N2O3S2/c22-17-15(13-8-4-5-9-14(13)20-17)16-18(23)21(19(25)26-16)10-11-24-12-6-2-1-3-7-12/h1-9,13-14H,10-11H2,(H,20,22)/b16-15-/t13-,14-/m0/s1. The van der Waals surface area contributed by atoms with E-state index in [2.05, 4.69) is 5.32 Å². The van der Waals surface area contributed by atoms with E-state index in [4.69, 9.17) is 17.0 Å². The summed E-state index contributed by atoms with van der Waals surface area (Å²) in [6.07, 6.45) is 7.68. The number of nitrogens with one attached hydrogen (secondary N) is 1. The molecule has 0 aromatic heterocycles. The number of carbonyl (C=O) groups is 2. The highest BCUT2D eigenvalue weighted by molar-refractivity contribution is 8.26. The van der Waals surface area contributed by atoms with Gasteiger partial charge in [-0.2, -0.15) is 0 Å². The van der Waals surface area contributed by atoms with Gasteiger partial charge in [0, 0.05) is 11.5 Å². The van der Waals surface area contributed by atoms with Gasteiger partial charge in [0.25, 0.3) is 5.91 Å². The Morgan fingerprint density at radius 3 is 2.73 bits per heavy atom. The van der Waals surface area contributed by atoms with Crippen LogP contribution in [-0.2, 0) is 9.59 Å². The van der Waals surface area contributed by atoms with Gasteiger partial charge in [0.2, 0.25) is 5.91 Å². The predicted molar refractivity (Wildman–Crippen MR) is 105 cm³/mol. The van der Waals surface area contributed by atoms with E-state index in [9.17, 15) is 9.59 Å². The quantitative estimate of drug-likeness (QED) is 0.638. The van der Waals surface area contributed by atoms with Crippen molar-refractivity contribution in [3.63, 3.8) is 0 Å². The third kappa shape index (κ3) is 3.08. The first-order chi connectivity index (χ1) is 12.6. The Bertz CT molecular complexity index is 861. The number of rotatable bonds is 4. The Morgan fingerprint density at radius 2 is 1.92 bits per heavy atom. The minimum absolute atomic E-state index is 0.0903.